The summed E-state index contributed by atoms with van der Waals surface area (Å²) in [6.45, 7) is 4.70. The maximum atomic E-state index is 5.76. The Labute approximate surface area is 78.1 Å². The molecule has 1 aromatic heterocycles. The zero-order valence-electron chi connectivity index (χ0n) is 7.79. The summed E-state index contributed by atoms with van der Waals surface area (Å²) in [6.07, 6.45) is 3.61. The minimum absolute atomic E-state index is 0.179. The standard InChI is InChI=1S/C10H14N2O/c1-10(8-12-6-7-13-10)9-2-4-11-5-3-9/h2-5,12H,6-8H2,1H3. The number of morpholine rings is 1. The lowest BCUT2D eigenvalue weighted by Gasteiger charge is -2.34. The van der Waals surface area contributed by atoms with E-state index in [2.05, 4.69) is 17.2 Å². The Morgan fingerprint density at radius 2 is 2.23 bits per heavy atom. The third-order valence-electron chi connectivity index (χ3n) is 2.45. The molecule has 0 aliphatic carbocycles. The first-order valence-corrected chi connectivity index (χ1v) is 4.56. The number of nitrogens with one attached hydrogen (secondary N) is 1. The molecule has 0 radical (unpaired) electrons. The molecule has 2 rings (SSSR count). The van der Waals surface area contributed by atoms with Crippen LogP contribution >= 0.6 is 0 Å². The molecule has 3 nitrogen and oxygen atoms in total. The summed E-state index contributed by atoms with van der Waals surface area (Å²) in [5.41, 5.74) is 1.01. The number of ether oxygens (including phenoxy) is 1. The van der Waals surface area contributed by atoms with Gasteiger partial charge < -0.3 is 10.1 Å². The zero-order valence-corrected chi connectivity index (χ0v) is 7.79. The van der Waals surface area contributed by atoms with Crippen molar-refractivity contribution in [2.75, 3.05) is 19.7 Å². The highest BCUT2D eigenvalue weighted by Crippen LogP contribution is 2.25. The fourth-order valence-corrected chi connectivity index (χ4v) is 1.62. The van der Waals surface area contributed by atoms with E-state index in [1.165, 1.54) is 5.56 Å². The first-order chi connectivity index (χ1) is 6.31. The highest BCUT2D eigenvalue weighted by Gasteiger charge is 2.29. The average molecular weight is 178 g/mol. The van der Waals surface area contributed by atoms with Crippen LogP contribution in [0, 0.1) is 0 Å². The monoisotopic (exact) mass is 178 g/mol. The van der Waals surface area contributed by atoms with Crippen LogP contribution in [0.1, 0.15) is 12.5 Å². The highest BCUT2D eigenvalue weighted by atomic mass is 16.5. The van der Waals surface area contributed by atoms with Crippen LogP contribution < -0.4 is 5.32 Å². The van der Waals surface area contributed by atoms with Gasteiger partial charge in [0.2, 0.25) is 0 Å². The van der Waals surface area contributed by atoms with Gasteiger partial charge in [-0.15, -0.1) is 0 Å². The Hall–Kier alpha value is -0.930. The largest absolute Gasteiger partial charge is 0.368 e. The number of pyridine rings is 1. The van der Waals surface area contributed by atoms with E-state index in [4.69, 9.17) is 4.74 Å². The van der Waals surface area contributed by atoms with Crippen LogP contribution in [-0.4, -0.2) is 24.7 Å². The highest BCUT2D eigenvalue weighted by molar-refractivity contribution is 5.19. The number of rotatable bonds is 1. The molecule has 1 fully saturated rings. The second kappa shape index (κ2) is 3.44. The normalized spacial score (nSPS) is 28.7. The number of aromatic nitrogens is 1. The van der Waals surface area contributed by atoms with E-state index in [1.54, 1.807) is 12.4 Å². The van der Waals surface area contributed by atoms with Crippen molar-refractivity contribution in [2.45, 2.75) is 12.5 Å². The average Bonchev–Trinajstić information content (AvgIpc) is 2.20. The van der Waals surface area contributed by atoms with Gasteiger partial charge in [-0.2, -0.15) is 0 Å². The Kier molecular flexibility index (Phi) is 2.29. The molecule has 2 heterocycles. The van der Waals surface area contributed by atoms with Crippen molar-refractivity contribution in [1.82, 2.24) is 10.3 Å². The molecular formula is C10H14N2O. The van der Waals surface area contributed by atoms with E-state index in [-0.39, 0.29) is 5.60 Å². The predicted molar refractivity (Wildman–Crippen MR) is 50.4 cm³/mol. The van der Waals surface area contributed by atoms with E-state index in [0.29, 0.717) is 0 Å². The minimum atomic E-state index is -0.179. The molecule has 1 aromatic rings. The molecule has 0 amide bonds. The van der Waals surface area contributed by atoms with Gasteiger partial charge >= 0.3 is 0 Å². The molecule has 3 heteroatoms. The Morgan fingerprint density at radius 3 is 2.85 bits per heavy atom. The van der Waals surface area contributed by atoms with Crippen LogP contribution in [0.4, 0.5) is 0 Å². The van der Waals surface area contributed by atoms with Gasteiger partial charge in [0.25, 0.3) is 0 Å². The maximum absolute atomic E-state index is 5.76. The maximum Gasteiger partial charge on any atom is 0.103 e. The summed E-state index contributed by atoms with van der Waals surface area (Å²) in [5.74, 6) is 0. The first-order valence-electron chi connectivity index (χ1n) is 4.56. The second-order valence-corrected chi connectivity index (χ2v) is 3.49. The molecule has 1 aliphatic rings. The molecule has 0 bridgehead atoms. The minimum Gasteiger partial charge on any atom is -0.368 e. The van der Waals surface area contributed by atoms with Crippen molar-refractivity contribution in [1.29, 1.82) is 0 Å². The van der Waals surface area contributed by atoms with Crippen LogP contribution in [0.15, 0.2) is 24.5 Å². The molecule has 1 saturated heterocycles. The zero-order chi connectivity index (χ0) is 9.15. The molecule has 1 unspecified atom stereocenters. The molecule has 0 saturated carbocycles. The number of hydrogen-bond donors (Lipinski definition) is 1. The topological polar surface area (TPSA) is 34.2 Å². The third kappa shape index (κ3) is 1.71. The molecule has 70 valence electrons. The van der Waals surface area contributed by atoms with E-state index in [9.17, 15) is 0 Å². The van der Waals surface area contributed by atoms with Crippen molar-refractivity contribution in [3.8, 4) is 0 Å². The SMILES string of the molecule is CC1(c2ccncc2)CNCCO1. The van der Waals surface area contributed by atoms with Gasteiger partial charge in [-0.25, -0.2) is 0 Å². The molecule has 1 N–H and O–H groups in total. The van der Waals surface area contributed by atoms with Crippen LogP contribution in [0.5, 0.6) is 0 Å². The van der Waals surface area contributed by atoms with Gasteiger partial charge in [-0.05, 0) is 24.6 Å². The molecule has 0 aromatic carbocycles. The van der Waals surface area contributed by atoms with Crippen molar-refractivity contribution in [2.24, 2.45) is 0 Å². The van der Waals surface area contributed by atoms with Crippen molar-refractivity contribution in [3.05, 3.63) is 30.1 Å². The molecular weight excluding hydrogens is 164 g/mol. The number of nitrogens with zero attached hydrogens (tertiary/aromatic N) is 1. The lowest BCUT2D eigenvalue weighted by atomic mass is 9.96. The molecule has 1 aliphatic heterocycles. The fourth-order valence-electron chi connectivity index (χ4n) is 1.62. The Bertz CT molecular complexity index is 268. The second-order valence-electron chi connectivity index (χ2n) is 3.49. The van der Waals surface area contributed by atoms with Crippen LogP contribution in [0.25, 0.3) is 0 Å². The molecule has 0 spiro atoms. The summed E-state index contributed by atoms with van der Waals surface area (Å²) in [7, 11) is 0. The van der Waals surface area contributed by atoms with Crippen molar-refractivity contribution in [3.63, 3.8) is 0 Å². The quantitative estimate of drug-likeness (QED) is 0.694. The van der Waals surface area contributed by atoms with Gasteiger partial charge in [-0.1, -0.05) is 0 Å². The third-order valence-corrected chi connectivity index (χ3v) is 2.45. The smallest absolute Gasteiger partial charge is 0.103 e. The van der Waals surface area contributed by atoms with Crippen molar-refractivity contribution >= 4 is 0 Å². The van der Waals surface area contributed by atoms with Gasteiger partial charge in [0.1, 0.15) is 5.60 Å². The fraction of sp³-hybridized carbons (Fsp3) is 0.500. The summed E-state index contributed by atoms with van der Waals surface area (Å²) in [5, 5.41) is 3.33. The van der Waals surface area contributed by atoms with Gasteiger partial charge in [0, 0.05) is 25.5 Å². The van der Waals surface area contributed by atoms with Gasteiger partial charge in [0.05, 0.1) is 6.61 Å². The Balaban J connectivity index is 2.23. The van der Waals surface area contributed by atoms with E-state index < -0.39 is 0 Å². The Morgan fingerprint density at radius 1 is 1.46 bits per heavy atom. The van der Waals surface area contributed by atoms with Crippen LogP contribution in [0.2, 0.25) is 0 Å². The van der Waals surface area contributed by atoms with Crippen LogP contribution in [0.3, 0.4) is 0 Å². The summed E-state index contributed by atoms with van der Waals surface area (Å²) >= 11 is 0. The van der Waals surface area contributed by atoms with E-state index in [0.717, 1.165) is 19.7 Å². The summed E-state index contributed by atoms with van der Waals surface area (Å²) < 4.78 is 5.76. The summed E-state index contributed by atoms with van der Waals surface area (Å²) in [6, 6.07) is 4.01. The number of hydrogen-bond acceptors (Lipinski definition) is 3. The lowest BCUT2D eigenvalue weighted by molar-refractivity contribution is -0.0572. The van der Waals surface area contributed by atoms with Crippen LogP contribution in [-0.2, 0) is 10.3 Å². The van der Waals surface area contributed by atoms with Crippen molar-refractivity contribution < 1.29 is 4.74 Å². The predicted octanol–water partition coefficient (Wildman–Crippen LogP) is 0.917. The van der Waals surface area contributed by atoms with E-state index in [1.807, 2.05) is 12.1 Å². The van der Waals surface area contributed by atoms with E-state index >= 15 is 0 Å². The summed E-state index contributed by atoms with van der Waals surface area (Å²) in [4.78, 5) is 4.00. The van der Waals surface area contributed by atoms with Gasteiger partial charge in [-0.3, -0.25) is 4.98 Å². The first kappa shape index (κ1) is 8.66. The molecule has 1 atom stereocenters. The lowest BCUT2D eigenvalue weighted by Crippen LogP contribution is -2.45. The molecule has 13 heavy (non-hydrogen) atoms. The van der Waals surface area contributed by atoms with Gasteiger partial charge in [0.15, 0.2) is 0 Å².